The van der Waals surface area contributed by atoms with E-state index in [9.17, 15) is 16.8 Å². The van der Waals surface area contributed by atoms with Gasteiger partial charge in [0, 0.05) is 18.8 Å². The van der Waals surface area contributed by atoms with E-state index < -0.39 is 19.9 Å². The molecule has 0 atom stereocenters. The normalized spacial score (nSPS) is 11.5. The highest BCUT2D eigenvalue weighted by molar-refractivity contribution is 7.91. The second-order valence-corrected chi connectivity index (χ2v) is 11.0. The van der Waals surface area contributed by atoms with Gasteiger partial charge in [0.15, 0.2) is 0 Å². The van der Waals surface area contributed by atoms with Gasteiger partial charge in [-0.15, -0.1) is 0 Å². The molecule has 0 heterocycles. The van der Waals surface area contributed by atoms with Crippen molar-refractivity contribution in [2.24, 2.45) is 5.14 Å². The number of nitrogens with zero attached hydrogens (tertiary/aromatic N) is 1. The van der Waals surface area contributed by atoms with E-state index in [1.807, 2.05) is 52.8 Å². The second-order valence-electron chi connectivity index (χ2n) is 7.34. The minimum atomic E-state index is -3.63. The molecule has 0 spiro atoms. The molecule has 0 saturated heterocycles. The summed E-state index contributed by atoms with van der Waals surface area (Å²) >= 11 is 0. The number of aryl methyl sites for hydroxylation is 2. The fourth-order valence-electron chi connectivity index (χ4n) is 3.05. The first-order chi connectivity index (χ1) is 14.4. The van der Waals surface area contributed by atoms with E-state index in [1.54, 1.807) is 18.2 Å². The lowest BCUT2D eigenvalue weighted by atomic mass is 10.2. The van der Waals surface area contributed by atoms with Crippen molar-refractivity contribution in [1.29, 1.82) is 0 Å². The molecule has 0 amide bonds. The SMILES string of the molecule is CCCCS(N)(=O)=O.CCN(CC)c1cccc(C)c1S(=O)(=O)c1ccc(C)c(N)c1. The lowest BCUT2D eigenvalue weighted by molar-refractivity contribution is 0.593. The van der Waals surface area contributed by atoms with Crippen molar-refractivity contribution < 1.29 is 16.8 Å². The van der Waals surface area contributed by atoms with Crippen LogP contribution in [0.3, 0.4) is 0 Å². The maximum absolute atomic E-state index is 13.2. The summed E-state index contributed by atoms with van der Waals surface area (Å²) in [6.45, 7) is 11.2. The van der Waals surface area contributed by atoms with E-state index in [1.165, 1.54) is 0 Å². The molecule has 0 aliphatic heterocycles. The minimum Gasteiger partial charge on any atom is -0.398 e. The van der Waals surface area contributed by atoms with Crippen LogP contribution in [0.25, 0.3) is 0 Å². The number of rotatable bonds is 8. The van der Waals surface area contributed by atoms with Crippen molar-refractivity contribution in [3.05, 3.63) is 47.5 Å². The van der Waals surface area contributed by atoms with Crippen molar-refractivity contribution in [3.63, 3.8) is 0 Å². The quantitative estimate of drug-likeness (QED) is 0.569. The third-order valence-electron chi connectivity index (χ3n) is 4.91. The summed E-state index contributed by atoms with van der Waals surface area (Å²) in [7, 11) is -6.81. The molecule has 31 heavy (non-hydrogen) atoms. The summed E-state index contributed by atoms with van der Waals surface area (Å²) in [6, 6.07) is 10.5. The van der Waals surface area contributed by atoms with Gasteiger partial charge in [-0.2, -0.15) is 0 Å². The van der Waals surface area contributed by atoms with Gasteiger partial charge in [0.2, 0.25) is 19.9 Å². The molecule has 0 aliphatic carbocycles. The smallest absolute Gasteiger partial charge is 0.209 e. The average Bonchev–Trinajstić information content (AvgIpc) is 2.69. The largest absolute Gasteiger partial charge is 0.398 e. The second kappa shape index (κ2) is 11.5. The number of anilines is 2. The summed E-state index contributed by atoms with van der Waals surface area (Å²) in [5, 5.41) is 4.69. The lowest BCUT2D eigenvalue weighted by Gasteiger charge is -2.25. The van der Waals surface area contributed by atoms with Crippen molar-refractivity contribution in [2.45, 2.75) is 57.3 Å². The average molecular weight is 470 g/mol. The molecular formula is C22H35N3O4S2. The Morgan fingerprint density at radius 3 is 1.97 bits per heavy atom. The van der Waals surface area contributed by atoms with Crippen LogP contribution in [0, 0.1) is 13.8 Å². The van der Waals surface area contributed by atoms with Gasteiger partial charge >= 0.3 is 0 Å². The van der Waals surface area contributed by atoms with Gasteiger partial charge in [-0.25, -0.2) is 22.0 Å². The van der Waals surface area contributed by atoms with Gasteiger partial charge in [0.25, 0.3) is 0 Å². The zero-order valence-electron chi connectivity index (χ0n) is 19.1. The summed E-state index contributed by atoms with van der Waals surface area (Å²) < 4.78 is 46.7. The number of sulfonamides is 1. The maximum atomic E-state index is 13.2. The van der Waals surface area contributed by atoms with Gasteiger partial charge in [-0.1, -0.05) is 31.5 Å². The van der Waals surface area contributed by atoms with Crippen LogP contribution in [0.15, 0.2) is 46.2 Å². The van der Waals surface area contributed by atoms with Crippen molar-refractivity contribution >= 4 is 31.2 Å². The number of unbranched alkanes of at least 4 members (excludes halogenated alkanes) is 1. The van der Waals surface area contributed by atoms with Crippen LogP contribution in [0.4, 0.5) is 11.4 Å². The highest BCUT2D eigenvalue weighted by Gasteiger charge is 2.25. The Hall–Kier alpha value is -2.10. The van der Waals surface area contributed by atoms with E-state index in [2.05, 4.69) is 4.90 Å². The van der Waals surface area contributed by atoms with Crippen molar-refractivity contribution in [2.75, 3.05) is 29.5 Å². The molecule has 0 aromatic heterocycles. The highest BCUT2D eigenvalue weighted by atomic mass is 32.2. The zero-order chi connectivity index (χ0) is 23.8. The molecule has 0 saturated carbocycles. The Labute approximate surface area is 187 Å². The first-order valence-corrected chi connectivity index (χ1v) is 13.5. The molecule has 0 aliphatic rings. The van der Waals surface area contributed by atoms with E-state index in [0.717, 1.165) is 36.3 Å². The van der Waals surface area contributed by atoms with E-state index >= 15 is 0 Å². The van der Waals surface area contributed by atoms with Crippen molar-refractivity contribution in [1.82, 2.24) is 0 Å². The van der Waals surface area contributed by atoms with Crippen LogP contribution in [0.5, 0.6) is 0 Å². The molecule has 0 unspecified atom stereocenters. The Bertz CT molecular complexity index is 1080. The summed E-state index contributed by atoms with van der Waals surface area (Å²) in [6.07, 6.45) is 1.54. The molecule has 0 fully saturated rings. The molecule has 174 valence electrons. The Morgan fingerprint density at radius 1 is 0.903 bits per heavy atom. The third kappa shape index (κ3) is 7.52. The fourth-order valence-corrected chi connectivity index (χ4v) is 5.47. The predicted octanol–water partition coefficient (Wildman–Crippen LogP) is 3.64. The number of nitrogens with two attached hydrogens (primary N) is 2. The molecule has 0 bridgehead atoms. The van der Waals surface area contributed by atoms with Gasteiger partial charge in [0.1, 0.15) is 0 Å². The van der Waals surface area contributed by atoms with Crippen LogP contribution in [-0.2, 0) is 19.9 Å². The minimum absolute atomic E-state index is 0.115. The molecule has 9 heteroatoms. The van der Waals surface area contributed by atoms with E-state index in [0.29, 0.717) is 17.0 Å². The Kier molecular flexibility index (Phi) is 9.99. The number of nitrogen functional groups attached to an aromatic ring is 1. The maximum Gasteiger partial charge on any atom is 0.209 e. The van der Waals surface area contributed by atoms with Crippen LogP contribution in [-0.4, -0.2) is 35.7 Å². The molecular weight excluding hydrogens is 434 g/mol. The molecule has 2 rings (SSSR count). The predicted molar refractivity (Wildman–Crippen MR) is 129 cm³/mol. The van der Waals surface area contributed by atoms with E-state index in [4.69, 9.17) is 10.9 Å². The number of hydrogen-bond acceptors (Lipinski definition) is 6. The summed E-state index contributed by atoms with van der Waals surface area (Å²) in [5.41, 5.74) is 8.76. The van der Waals surface area contributed by atoms with E-state index in [-0.39, 0.29) is 10.6 Å². The molecule has 4 N–H and O–H groups in total. The Balaban J connectivity index is 0.000000512. The molecule has 0 radical (unpaired) electrons. The summed E-state index contributed by atoms with van der Waals surface area (Å²) in [5.74, 6) is 0.115. The Morgan fingerprint density at radius 2 is 1.52 bits per heavy atom. The number of sulfone groups is 1. The van der Waals surface area contributed by atoms with Crippen LogP contribution < -0.4 is 15.8 Å². The highest BCUT2D eigenvalue weighted by Crippen LogP contribution is 2.34. The topological polar surface area (TPSA) is 124 Å². The van der Waals surface area contributed by atoms with Gasteiger partial charge in [0.05, 0.1) is 21.2 Å². The first kappa shape index (κ1) is 26.9. The molecule has 7 nitrogen and oxygen atoms in total. The van der Waals surface area contributed by atoms with Gasteiger partial charge in [-0.3, -0.25) is 0 Å². The monoisotopic (exact) mass is 469 g/mol. The first-order valence-electron chi connectivity index (χ1n) is 10.3. The van der Waals surface area contributed by atoms with Crippen LogP contribution in [0.2, 0.25) is 0 Å². The standard InChI is InChI=1S/C18H24N2O2S.C4H11NO2S/c1-5-20(6-2)17-9-7-8-14(4)18(17)23(21,22)15-11-10-13(3)16(19)12-15;1-2-3-4-8(5,6)7/h7-12H,5-6,19H2,1-4H3;2-4H2,1H3,(H2,5,6,7). The fraction of sp³-hybridized carbons (Fsp3) is 0.455. The zero-order valence-corrected chi connectivity index (χ0v) is 20.7. The summed E-state index contributed by atoms with van der Waals surface area (Å²) in [4.78, 5) is 2.66. The van der Waals surface area contributed by atoms with Crippen molar-refractivity contribution in [3.8, 4) is 0 Å². The van der Waals surface area contributed by atoms with Crippen LogP contribution in [0.1, 0.15) is 44.7 Å². The molecule has 2 aromatic carbocycles. The van der Waals surface area contributed by atoms with Gasteiger partial charge < -0.3 is 10.6 Å². The number of hydrogen-bond donors (Lipinski definition) is 2. The number of primary sulfonamides is 1. The number of benzene rings is 2. The third-order valence-corrected chi connectivity index (χ3v) is 7.71. The van der Waals surface area contributed by atoms with Gasteiger partial charge in [-0.05, 0) is 63.4 Å². The lowest BCUT2D eigenvalue weighted by Crippen LogP contribution is -2.24. The van der Waals surface area contributed by atoms with Crippen LogP contribution >= 0.6 is 0 Å². The molecule has 2 aromatic rings.